The molecule has 2 fully saturated rings. The predicted octanol–water partition coefficient (Wildman–Crippen LogP) is 2.09. The van der Waals surface area contributed by atoms with Crippen LogP contribution >= 0.6 is 0 Å². The number of nitrogens with zero attached hydrogens (tertiary/aromatic N) is 1. The molecule has 5 heteroatoms. The summed E-state index contributed by atoms with van der Waals surface area (Å²) in [6.07, 6.45) is 6.69. The van der Waals surface area contributed by atoms with E-state index in [1.807, 2.05) is 17.1 Å². The zero-order valence-corrected chi connectivity index (χ0v) is 14.4. The van der Waals surface area contributed by atoms with E-state index in [1.165, 1.54) is 5.57 Å². The molecule has 0 unspecified atom stereocenters. The first-order valence-electron chi connectivity index (χ1n) is 8.88. The van der Waals surface area contributed by atoms with Crippen molar-refractivity contribution in [3.8, 4) is 0 Å². The van der Waals surface area contributed by atoms with Gasteiger partial charge < -0.3 is 14.7 Å². The molecule has 0 aromatic carbocycles. The van der Waals surface area contributed by atoms with Crippen LogP contribution in [-0.4, -0.2) is 46.7 Å². The second-order valence-electron chi connectivity index (χ2n) is 8.17. The first-order valence-corrected chi connectivity index (χ1v) is 8.88. The van der Waals surface area contributed by atoms with Gasteiger partial charge in [-0.1, -0.05) is 37.6 Å². The molecule has 0 radical (unpaired) electrons. The molecule has 130 valence electrons. The van der Waals surface area contributed by atoms with Crippen molar-refractivity contribution < 1.29 is 19.4 Å². The minimum absolute atomic E-state index is 0.0417. The maximum absolute atomic E-state index is 13.0. The zero-order valence-electron chi connectivity index (χ0n) is 14.4. The normalized spacial score (nSPS) is 46.4. The Bertz CT molecular complexity index is 654. The van der Waals surface area contributed by atoms with E-state index in [1.54, 1.807) is 0 Å². The predicted molar refractivity (Wildman–Crippen MR) is 88.1 cm³/mol. The maximum atomic E-state index is 13.0. The van der Waals surface area contributed by atoms with Crippen LogP contribution in [0.1, 0.15) is 27.2 Å². The van der Waals surface area contributed by atoms with Crippen LogP contribution in [0.4, 0.5) is 0 Å². The number of hydrogen-bond acceptors (Lipinski definition) is 3. The summed E-state index contributed by atoms with van der Waals surface area (Å²) in [5, 5.41) is 9.53. The van der Waals surface area contributed by atoms with Crippen LogP contribution in [0.2, 0.25) is 0 Å². The number of likely N-dealkylation sites (tertiary alicyclic amines) is 1. The summed E-state index contributed by atoms with van der Waals surface area (Å²) in [6, 6.07) is 0. The molecule has 3 heterocycles. The Morgan fingerprint density at radius 2 is 2.21 bits per heavy atom. The van der Waals surface area contributed by atoms with Gasteiger partial charge >= 0.3 is 5.97 Å². The molecular formula is C19H25NO4. The lowest BCUT2D eigenvalue weighted by atomic mass is 9.75. The lowest BCUT2D eigenvalue weighted by molar-refractivity contribution is -0.148. The van der Waals surface area contributed by atoms with Crippen molar-refractivity contribution in [2.24, 2.45) is 29.6 Å². The lowest BCUT2D eigenvalue weighted by Crippen LogP contribution is -2.41. The molecular weight excluding hydrogens is 306 g/mol. The number of ether oxygens (including phenoxy) is 1. The van der Waals surface area contributed by atoms with Crippen LogP contribution in [0.5, 0.6) is 0 Å². The first-order chi connectivity index (χ1) is 11.3. The van der Waals surface area contributed by atoms with E-state index >= 15 is 0 Å². The van der Waals surface area contributed by atoms with E-state index < -0.39 is 29.5 Å². The molecule has 5 nitrogen and oxygen atoms in total. The van der Waals surface area contributed by atoms with Gasteiger partial charge in [0.15, 0.2) is 0 Å². The number of aliphatic carboxylic acids is 1. The van der Waals surface area contributed by atoms with E-state index in [0.717, 1.165) is 6.42 Å². The molecule has 1 amide bonds. The highest BCUT2D eigenvalue weighted by atomic mass is 16.5. The Morgan fingerprint density at radius 3 is 2.88 bits per heavy atom. The van der Waals surface area contributed by atoms with Gasteiger partial charge in [0.05, 0.1) is 18.6 Å². The summed E-state index contributed by atoms with van der Waals surface area (Å²) < 4.78 is 5.95. The number of carboxylic acid groups (broad SMARTS) is 1. The van der Waals surface area contributed by atoms with E-state index in [4.69, 9.17) is 4.74 Å². The Kier molecular flexibility index (Phi) is 3.43. The highest BCUT2D eigenvalue weighted by Gasteiger charge is 2.67. The number of carboxylic acids is 1. The average Bonchev–Trinajstić information content (AvgIpc) is 3.11. The minimum atomic E-state index is -0.926. The third kappa shape index (κ3) is 2.10. The lowest BCUT2D eigenvalue weighted by Gasteiger charge is -2.36. The van der Waals surface area contributed by atoms with Crippen LogP contribution < -0.4 is 0 Å². The topological polar surface area (TPSA) is 66.8 Å². The summed E-state index contributed by atoms with van der Waals surface area (Å²) in [7, 11) is 0. The van der Waals surface area contributed by atoms with Crippen molar-refractivity contribution in [3.63, 3.8) is 0 Å². The van der Waals surface area contributed by atoms with Gasteiger partial charge in [0.25, 0.3) is 0 Å². The average molecular weight is 331 g/mol. The number of amides is 1. The number of rotatable bonds is 3. The molecule has 0 aromatic heterocycles. The highest BCUT2D eigenvalue weighted by molar-refractivity contribution is 5.90. The molecule has 1 N–H and O–H groups in total. The van der Waals surface area contributed by atoms with E-state index in [2.05, 4.69) is 26.8 Å². The summed E-state index contributed by atoms with van der Waals surface area (Å²) >= 11 is 0. The van der Waals surface area contributed by atoms with Crippen molar-refractivity contribution >= 4 is 11.9 Å². The Morgan fingerprint density at radius 1 is 1.46 bits per heavy atom. The van der Waals surface area contributed by atoms with Gasteiger partial charge in [0.1, 0.15) is 11.5 Å². The van der Waals surface area contributed by atoms with Gasteiger partial charge in [-0.2, -0.15) is 0 Å². The second-order valence-corrected chi connectivity index (χ2v) is 8.17. The van der Waals surface area contributed by atoms with Crippen LogP contribution in [-0.2, 0) is 14.3 Å². The molecule has 1 aliphatic carbocycles. The van der Waals surface area contributed by atoms with Crippen molar-refractivity contribution in [1.29, 1.82) is 0 Å². The number of allylic oxidation sites excluding steroid dienone is 2. The summed E-state index contributed by atoms with van der Waals surface area (Å²) in [5.74, 6) is -0.893. The minimum Gasteiger partial charge on any atom is -0.481 e. The molecule has 3 aliphatic heterocycles. The third-order valence-corrected chi connectivity index (χ3v) is 6.49. The van der Waals surface area contributed by atoms with Crippen LogP contribution in [0.15, 0.2) is 23.8 Å². The van der Waals surface area contributed by atoms with Crippen LogP contribution in [0, 0.1) is 29.6 Å². The number of fused-ring (bicyclic) bond motifs is 1. The Balaban J connectivity index is 1.56. The SMILES string of the molecule is CC1=C[C@@H](C)[C@H](CN2C[C@]34C=C[C@H](O3)[C@H](C(=O)O)[C@@H]4C2=O)[C@H](C)C1. The standard InChI is InChI=1S/C19H25NO4/c1-10-6-11(2)13(12(3)7-10)8-20-9-19-5-4-14(24-19)15(18(22)23)16(19)17(20)21/h4-6,11-16H,7-9H2,1-3H3,(H,22,23)/t11-,12-,13+,14+,15+,16-,19+/m1/s1. The van der Waals surface area contributed by atoms with Crippen LogP contribution in [0.25, 0.3) is 0 Å². The van der Waals surface area contributed by atoms with E-state index in [0.29, 0.717) is 30.8 Å². The quantitative estimate of drug-likeness (QED) is 0.804. The smallest absolute Gasteiger partial charge is 0.310 e. The van der Waals surface area contributed by atoms with Crippen molar-refractivity contribution in [2.45, 2.75) is 38.9 Å². The molecule has 0 aromatic rings. The van der Waals surface area contributed by atoms with Gasteiger partial charge in [-0.25, -0.2) is 0 Å². The fourth-order valence-electron chi connectivity index (χ4n) is 5.43. The summed E-state index contributed by atoms with van der Waals surface area (Å²) in [4.78, 5) is 26.5. The molecule has 7 atom stereocenters. The highest BCUT2D eigenvalue weighted by Crippen LogP contribution is 2.52. The van der Waals surface area contributed by atoms with Crippen molar-refractivity contribution in [1.82, 2.24) is 4.90 Å². The fourth-order valence-corrected chi connectivity index (χ4v) is 5.43. The third-order valence-electron chi connectivity index (χ3n) is 6.49. The van der Waals surface area contributed by atoms with Gasteiger partial charge in [0.2, 0.25) is 5.91 Å². The molecule has 1 spiro atoms. The second kappa shape index (κ2) is 5.19. The fraction of sp³-hybridized carbons (Fsp3) is 0.684. The molecule has 2 bridgehead atoms. The van der Waals surface area contributed by atoms with Gasteiger partial charge in [-0.05, 0) is 31.1 Å². The number of carbonyl (C=O) groups is 2. The number of hydrogen-bond donors (Lipinski definition) is 1. The zero-order chi connectivity index (χ0) is 17.2. The van der Waals surface area contributed by atoms with Crippen molar-refractivity contribution in [2.75, 3.05) is 13.1 Å². The van der Waals surface area contributed by atoms with E-state index in [9.17, 15) is 14.7 Å². The van der Waals surface area contributed by atoms with Gasteiger partial charge in [-0.15, -0.1) is 0 Å². The molecule has 24 heavy (non-hydrogen) atoms. The monoisotopic (exact) mass is 331 g/mol. The van der Waals surface area contributed by atoms with E-state index in [-0.39, 0.29) is 5.91 Å². The molecule has 0 saturated carbocycles. The maximum Gasteiger partial charge on any atom is 0.310 e. The Labute approximate surface area is 142 Å². The Hall–Kier alpha value is -1.62. The summed E-state index contributed by atoms with van der Waals surface area (Å²) in [5.41, 5.74) is 0.711. The van der Waals surface area contributed by atoms with Crippen molar-refractivity contribution in [3.05, 3.63) is 23.8 Å². The van der Waals surface area contributed by atoms with Gasteiger partial charge in [-0.3, -0.25) is 9.59 Å². The van der Waals surface area contributed by atoms with Gasteiger partial charge in [0, 0.05) is 6.54 Å². The molecule has 2 saturated heterocycles. The number of carbonyl (C=O) groups excluding carboxylic acids is 1. The molecule has 4 rings (SSSR count). The summed E-state index contributed by atoms with van der Waals surface area (Å²) in [6.45, 7) is 7.82. The largest absolute Gasteiger partial charge is 0.481 e. The van der Waals surface area contributed by atoms with Crippen LogP contribution in [0.3, 0.4) is 0 Å². The first kappa shape index (κ1) is 15.9. The molecule has 4 aliphatic rings.